The van der Waals surface area contributed by atoms with Gasteiger partial charge < -0.3 is 4.74 Å². The van der Waals surface area contributed by atoms with E-state index in [-0.39, 0.29) is 10.2 Å². The number of nitrogens with zero attached hydrogens (tertiary/aromatic N) is 2. The maximum atomic E-state index is 12.6. The van der Waals surface area contributed by atoms with Crippen LogP contribution >= 0.6 is 24.0 Å². The number of carbonyl (C=O) groups is 2. The third kappa shape index (κ3) is 4.96. The quantitative estimate of drug-likeness (QED) is 0.423. The first-order valence-electron chi connectivity index (χ1n) is 8.80. The highest BCUT2D eigenvalue weighted by atomic mass is 32.2. The zero-order valence-electron chi connectivity index (χ0n) is 15.3. The first-order chi connectivity index (χ1) is 13.6. The van der Waals surface area contributed by atoms with Crippen molar-refractivity contribution in [2.24, 2.45) is 0 Å². The Kier molecular flexibility index (Phi) is 6.78. The lowest BCUT2D eigenvalue weighted by atomic mass is 10.2. The molecule has 1 aromatic heterocycles. The smallest absolute Gasteiger partial charge is 0.285 e. The molecule has 1 aromatic carbocycles. The van der Waals surface area contributed by atoms with E-state index in [1.165, 1.54) is 6.20 Å². The van der Waals surface area contributed by atoms with Crippen LogP contribution in [0.5, 0.6) is 5.75 Å². The Morgan fingerprint density at radius 1 is 1.32 bits per heavy atom. The summed E-state index contributed by atoms with van der Waals surface area (Å²) in [7, 11) is 0. The zero-order chi connectivity index (χ0) is 19.9. The number of aromatic nitrogens is 1. The molecule has 28 heavy (non-hydrogen) atoms. The molecule has 6 nitrogen and oxygen atoms in total. The van der Waals surface area contributed by atoms with Crippen LogP contribution in [0.4, 0.5) is 0 Å². The average Bonchev–Trinajstić information content (AvgIpc) is 2.97. The van der Waals surface area contributed by atoms with Gasteiger partial charge in [-0.15, -0.1) is 0 Å². The number of pyridine rings is 1. The molecule has 1 saturated heterocycles. The van der Waals surface area contributed by atoms with Crippen molar-refractivity contribution < 1.29 is 14.3 Å². The fraction of sp³-hybridized carbons (Fsp3) is 0.200. The molecule has 3 rings (SSSR count). The van der Waals surface area contributed by atoms with E-state index in [0.29, 0.717) is 17.1 Å². The molecule has 2 aromatic rings. The second kappa shape index (κ2) is 9.48. The second-order valence-electron chi connectivity index (χ2n) is 5.97. The van der Waals surface area contributed by atoms with Crippen LogP contribution in [-0.2, 0) is 4.79 Å². The van der Waals surface area contributed by atoms with Crippen molar-refractivity contribution >= 4 is 46.2 Å². The molecule has 144 valence electrons. The lowest BCUT2D eigenvalue weighted by Crippen LogP contribution is -2.44. The van der Waals surface area contributed by atoms with Crippen LogP contribution in [0.2, 0.25) is 0 Å². The minimum Gasteiger partial charge on any atom is -0.494 e. The summed E-state index contributed by atoms with van der Waals surface area (Å²) in [4.78, 5) is 29.2. The molecule has 1 aliphatic rings. The summed E-state index contributed by atoms with van der Waals surface area (Å²) in [6.07, 6.45) is 6.82. The van der Waals surface area contributed by atoms with Gasteiger partial charge in [-0.25, -0.2) is 0 Å². The van der Waals surface area contributed by atoms with Crippen molar-refractivity contribution in [2.75, 3.05) is 6.61 Å². The van der Waals surface area contributed by atoms with E-state index < -0.39 is 5.91 Å². The molecule has 0 spiro atoms. The van der Waals surface area contributed by atoms with E-state index >= 15 is 0 Å². The van der Waals surface area contributed by atoms with Crippen LogP contribution in [-0.4, -0.2) is 32.7 Å². The Bertz CT molecular complexity index is 899. The third-order valence-corrected chi connectivity index (χ3v) is 5.18. The van der Waals surface area contributed by atoms with Gasteiger partial charge in [0.15, 0.2) is 4.32 Å². The lowest BCUT2D eigenvalue weighted by Gasteiger charge is -2.15. The number of amides is 2. The van der Waals surface area contributed by atoms with Gasteiger partial charge in [0.25, 0.3) is 11.8 Å². The number of thiocarbonyl (C=S) groups is 1. The van der Waals surface area contributed by atoms with Gasteiger partial charge in [-0.2, -0.15) is 5.01 Å². The van der Waals surface area contributed by atoms with Crippen molar-refractivity contribution in [1.29, 1.82) is 0 Å². The molecular formula is C20H19N3O3S2. The third-order valence-electron chi connectivity index (χ3n) is 3.88. The highest BCUT2D eigenvalue weighted by Gasteiger charge is 2.33. The van der Waals surface area contributed by atoms with Crippen LogP contribution in [0.1, 0.15) is 35.7 Å². The van der Waals surface area contributed by atoms with Crippen LogP contribution in [0.25, 0.3) is 6.08 Å². The summed E-state index contributed by atoms with van der Waals surface area (Å²) < 4.78 is 5.91. The Labute approximate surface area is 172 Å². The van der Waals surface area contributed by atoms with Gasteiger partial charge in [0.2, 0.25) is 0 Å². The van der Waals surface area contributed by atoms with E-state index in [1.54, 1.807) is 24.4 Å². The van der Waals surface area contributed by atoms with E-state index in [1.807, 2.05) is 24.3 Å². The molecule has 1 aliphatic heterocycles. The molecule has 0 unspecified atom stereocenters. The van der Waals surface area contributed by atoms with Gasteiger partial charge in [0, 0.05) is 12.4 Å². The molecule has 0 aliphatic carbocycles. The number of benzene rings is 1. The maximum absolute atomic E-state index is 12.6. The summed E-state index contributed by atoms with van der Waals surface area (Å²) in [5.74, 6) is -0.0170. The molecule has 1 N–H and O–H groups in total. The van der Waals surface area contributed by atoms with E-state index in [4.69, 9.17) is 17.0 Å². The number of hydrogen-bond donors (Lipinski definition) is 1. The standard InChI is InChI=1S/C20H19N3O3S2/c1-2-3-11-26-16-8-6-14(7-9-16)12-17-19(25)23(20(27)28-17)22-18(24)15-5-4-10-21-13-15/h4-10,12-13H,2-3,11H2,1H3,(H,22,24)/b17-12-. The number of hydrogen-bond acceptors (Lipinski definition) is 6. The molecule has 0 atom stereocenters. The van der Waals surface area contributed by atoms with Crippen LogP contribution in [0.15, 0.2) is 53.7 Å². The minimum absolute atomic E-state index is 0.271. The van der Waals surface area contributed by atoms with Crippen molar-refractivity contribution in [3.8, 4) is 5.75 Å². The lowest BCUT2D eigenvalue weighted by molar-refractivity contribution is -0.123. The highest BCUT2D eigenvalue weighted by Crippen LogP contribution is 2.31. The summed E-state index contributed by atoms with van der Waals surface area (Å²) in [5, 5.41) is 1.09. The van der Waals surface area contributed by atoms with E-state index in [0.717, 1.165) is 40.9 Å². The molecule has 8 heteroatoms. The number of rotatable bonds is 7. The number of carbonyl (C=O) groups excluding carboxylic acids is 2. The van der Waals surface area contributed by atoms with Crippen molar-refractivity contribution in [2.45, 2.75) is 19.8 Å². The second-order valence-corrected chi connectivity index (χ2v) is 7.65. The number of unbranched alkanes of at least 4 members (excludes halogenated alkanes) is 1. The fourth-order valence-electron chi connectivity index (χ4n) is 2.37. The Balaban J connectivity index is 1.66. The largest absolute Gasteiger partial charge is 0.494 e. The maximum Gasteiger partial charge on any atom is 0.285 e. The van der Waals surface area contributed by atoms with Gasteiger partial charge in [-0.05, 0) is 54.5 Å². The number of ether oxygens (including phenoxy) is 1. The molecule has 2 amide bonds. The van der Waals surface area contributed by atoms with E-state index in [9.17, 15) is 9.59 Å². The van der Waals surface area contributed by atoms with E-state index in [2.05, 4.69) is 17.3 Å². The predicted molar refractivity (Wildman–Crippen MR) is 114 cm³/mol. The van der Waals surface area contributed by atoms with Crippen LogP contribution in [0.3, 0.4) is 0 Å². The highest BCUT2D eigenvalue weighted by molar-refractivity contribution is 8.26. The topological polar surface area (TPSA) is 71.5 Å². The number of nitrogens with one attached hydrogen (secondary N) is 1. The average molecular weight is 414 g/mol. The normalized spacial score (nSPS) is 15.2. The van der Waals surface area contributed by atoms with Gasteiger partial charge in [0.05, 0.1) is 17.1 Å². The monoisotopic (exact) mass is 413 g/mol. The first kappa shape index (κ1) is 20.0. The molecule has 0 radical (unpaired) electrons. The first-order valence-corrected chi connectivity index (χ1v) is 10.0. The Hall–Kier alpha value is -2.71. The van der Waals surface area contributed by atoms with Gasteiger partial charge in [0.1, 0.15) is 5.75 Å². The number of thioether (sulfide) groups is 1. The summed E-state index contributed by atoms with van der Waals surface area (Å²) in [6, 6.07) is 10.7. The molecule has 0 bridgehead atoms. The minimum atomic E-state index is -0.445. The summed E-state index contributed by atoms with van der Waals surface area (Å²) in [6.45, 7) is 2.80. The van der Waals surface area contributed by atoms with Gasteiger partial charge >= 0.3 is 0 Å². The van der Waals surface area contributed by atoms with Crippen LogP contribution < -0.4 is 10.2 Å². The molecule has 1 fully saturated rings. The van der Waals surface area contributed by atoms with Crippen molar-refractivity contribution in [1.82, 2.24) is 15.4 Å². The fourth-order valence-corrected chi connectivity index (χ4v) is 3.55. The van der Waals surface area contributed by atoms with Crippen molar-refractivity contribution in [3.05, 3.63) is 64.8 Å². The Morgan fingerprint density at radius 2 is 2.11 bits per heavy atom. The number of hydrazine groups is 1. The van der Waals surface area contributed by atoms with Crippen molar-refractivity contribution in [3.63, 3.8) is 0 Å². The summed E-state index contributed by atoms with van der Waals surface area (Å²) in [5.41, 5.74) is 3.73. The molecular weight excluding hydrogens is 394 g/mol. The van der Waals surface area contributed by atoms with Crippen LogP contribution in [0, 0.1) is 0 Å². The zero-order valence-corrected chi connectivity index (χ0v) is 16.9. The molecule has 2 heterocycles. The van der Waals surface area contributed by atoms with Gasteiger partial charge in [-0.3, -0.25) is 20.0 Å². The Morgan fingerprint density at radius 3 is 2.79 bits per heavy atom. The summed E-state index contributed by atoms with van der Waals surface area (Å²) >= 11 is 6.38. The van der Waals surface area contributed by atoms with Gasteiger partial charge in [-0.1, -0.05) is 37.2 Å². The molecule has 0 saturated carbocycles. The SMILES string of the molecule is CCCCOc1ccc(/C=C2\SC(=S)N(NC(=O)c3cccnc3)C2=O)cc1. The predicted octanol–water partition coefficient (Wildman–Crippen LogP) is 3.81.